The second-order valence-electron chi connectivity index (χ2n) is 4.16. The Hall–Kier alpha value is -2.84. The van der Waals surface area contributed by atoms with Gasteiger partial charge in [-0.2, -0.15) is 13.2 Å². The first-order valence-corrected chi connectivity index (χ1v) is 5.63. The first kappa shape index (κ1) is 13.2. The molecule has 0 atom stereocenters. The molecule has 2 heterocycles. The van der Waals surface area contributed by atoms with E-state index in [1.54, 1.807) is 0 Å². The standard InChI is InChI=1S/C12H5F3N4O2/c13-12(14,15)6-4-8-7(18-10(20)11(21)19-8)3-5(6)9-16-1-2-17-9/h1-4H,(H,16,17). The van der Waals surface area contributed by atoms with Crippen molar-refractivity contribution >= 4 is 11.8 Å². The number of carbonyl (C=O) groups is 2. The van der Waals surface area contributed by atoms with E-state index in [1.165, 1.54) is 12.4 Å². The predicted octanol–water partition coefficient (Wildman–Crippen LogP) is 0.402. The molecule has 0 radical (unpaired) electrons. The summed E-state index contributed by atoms with van der Waals surface area (Å²) in [5, 5.41) is -0.388. The number of carbonyl (C=O) groups excluding carboxylic acids is 2. The lowest BCUT2D eigenvalue weighted by molar-refractivity contribution is -0.137. The number of hydrogen-bond donors (Lipinski definition) is 1. The summed E-state index contributed by atoms with van der Waals surface area (Å²) in [6, 6.07) is 1.71. The number of nitrogens with one attached hydrogen (secondary N) is 1. The number of H-pyrrole nitrogens is 1. The third-order valence-corrected chi connectivity index (χ3v) is 2.80. The topological polar surface area (TPSA) is 87.5 Å². The Labute approximate surface area is 114 Å². The molecule has 1 N–H and O–H groups in total. The lowest BCUT2D eigenvalue weighted by Gasteiger charge is -2.11. The van der Waals surface area contributed by atoms with Crippen LogP contribution in [0.4, 0.5) is 13.2 Å². The molecule has 1 aliphatic rings. The molecule has 2 amide bonds. The zero-order valence-corrected chi connectivity index (χ0v) is 10.1. The summed E-state index contributed by atoms with van der Waals surface area (Å²) >= 11 is 0. The number of imidazole rings is 1. The van der Waals surface area contributed by atoms with Crippen molar-refractivity contribution in [2.75, 3.05) is 0 Å². The van der Waals surface area contributed by atoms with Crippen molar-refractivity contribution in [1.82, 2.24) is 9.97 Å². The first-order chi connectivity index (χ1) is 9.86. The van der Waals surface area contributed by atoms with E-state index in [-0.39, 0.29) is 22.1 Å². The molecule has 0 saturated heterocycles. The summed E-state index contributed by atoms with van der Waals surface area (Å²) in [7, 11) is 0. The minimum atomic E-state index is -4.67. The Morgan fingerprint density at radius 1 is 1.00 bits per heavy atom. The lowest BCUT2D eigenvalue weighted by atomic mass is 10.1. The third-order valence-electron chi connectivity index (χ3n) is 2.80. The second kappa shape index (κ2) is 4.33. The summed E-state index contributed by atoms with van der Waals surface area (Å²) in [6.07, 6.45) is -2.01. The molecule has 1 aromatic heterocycles. The van der Waals surface area contributed by atoms with Crippen molar-refractivity contribution in [3.05, 3.63) is 40.8 Å². The van der Waals surface area contributed by atoms with Gasteiger partial charge < -0.3 is 4.98 Å². The number of hydrogen-bond acceptors (Lipinski definition) is 3. The maximum absolute atomic E-state index is 13.1. The van der Waals surface area contributed by atoms with Crippen molar-refractivity contribution in [3.63, 3.8) is 0 Å². The molecule has 21 heavy (non-hydrogen) atoms. The van der Waals surface area contributed by atoms with Gasteiger partial charge in [-0.3, -0.25) is 9.59 Å². The number of amides is 2. The first-order valence-electron chi connectivity index (χ1n) is 5.63. The normalized spacial score (nSPS) is 14.4. The van der Waals surface area contributed by atoms with Crippen LogP contribution in [0.25, 0.3) is 11.4 Å². The summed E-state index contributed by atoms with van der Waals surface area (Å²) < 4.78 is 39.4. The highest BCUT2D eigenvalue weighted by Crippen LogP contribution is 2.34. The summed E-state index contributed by atoms with van der Waals surface area (Å²) in [5.41, 5.74) is -1.29. The molecular weight excluding hydrogens is 289 g/mol. The molecule has 2 aromatic rings. The summed E-state index contributed by atoms with van der Waals surface area (Å²) in [6.45, 7) is 0. The Morgan fingerprint density at radius 3 is 2.14 bits per heavy atom. The second-order valence-corrected chi connectivity index (χ2v) is 4.16. The fourth-order valence-electron chi connectivity index (χ4n) is 1.91. The molecule has 9 heteroatoms. The molecule has 106 valence electrons. The van der Waals surface area contributed by atoms with E-state index in [4.69, 9.17) is 0 Å². The highest BCUT2D eigenvalue weighted by molar-refractivity contribution is 6.36. The van der Waals surface area contributed by atoms with Crippen LogP contribution >= 0.6 is 0 Å². The molecular formula is C12H5F3N4O2. The van der Waals surface area contributed by atoms with Gasteiger partial charge in [-0.15, -0.1) is 0 Å². The fraction of sp³-hybridized carbons (Fsp3) is 0.0833. The van der Waals surface area contributed by atoms with Crippen LogP contribution in [0, 0.1) is 0 Å². The number of benzene rings is 1. The third kappa shape index (κ3) is 2.22. The monoisotopic (exact) mass is 294 g/mol. The molecule has 1 aromatic carbocycles. The molecule has 0 bridgehead atoms. The van der Waals surface area contributed by atoms with E-state index in [0.717, 1.165) is 6.07 Å². The Morgan fingerprint density at radius 2 is 1.62 bits per heavy atom. The molecule has 6 nitrogen and oxygen atoms in total. The van der Waals surface area contributed by atoms with Crippen LogP contribution in [0.5, 0.6) is 0 Å². The molecule has 0 spiro atoms. The van der Waals surface area contributed by atoms with Crippen molar-refractivity contribution < 1.29 is 22.8 Å². The average Bonchev–Trinajstić information content (AvgIpc) is 2.91. The molecule has 3 rings (SSSR count). The highest BCUT2D eigenvalue weighted by Gasteiger charge is 2.35. The van der Waals surface area contributed by atoms with Gasteiger partial charge in [0.15, 0.2) is 0 Å². The molecule has 0 unspecified atom stereocenters. The SMILES string of the molecule is O=C1N=c2cc(-c3ncc[nH]3)c(C(F)(F)F)cc2=NC1=O. The Balaban J connectivity index is 2.38. The quantitative estimate of drug-likeness (QED) is 0.772. The van der Waals surface area contributed by atoms with Gasteiger partial charge in [-0.25, -0.2) is 15.0 Å². The fourth-order valence-corrected chi connectivity index (χ4v) is 1.91. The van der Waals surface area contributed by atoms with Gasteiger partial charge in [-0.1, -0.05) is 0 Å². The number of aromatic amines is 1. The maximum Gasteiger partial charge on any atom is 0.417 e. The van der Waals surface area contributed by atoms with Gasteiger partial charge in [0.05, 0.1) is 16.3 Å². The minimum absolute atomic E-state index is 0.0235. The van der Waals surface area contributed by atoms with Crippen LogP contribution in [0.15, 0.2) is 34.5 Å². The van der Waals surface area contributed by atoms with Crippen LogP contribution in [-0.4, -0.2) is 21.8 Å². The number of rotatable bonds is 1. The van der Waals surface area contributed by atoms with E-state index in [2.05, 4.69) is 20.0 Å². The lowest BCUT2D eigenvalue weighted by Crippen LogP contribution is -2.36. The van der Waals surface area contributed by atoms with E-state index in [1.807, 2.05) is 0 Å². The summed E-state index contributed by atoms with van der Waals surface area (Å²) in [4.78, 5) is 35.4. The van der Waals surface area contributed by atoms with E-state index in [9.17, 15) is 22.8 Å². The number of halogens is 3. The highest BCUT2D eigenvalue weighted by atomic mass is 19.4. The maximum atomic E-state index is 13.1. The van der Waals surface area contributed by atoms with Crippen molar-refractivity contribution in [2.45, 2.75) is 6.18 Å². The number of alkyl halides is 3. The van der Waals surface area contributed by atoms with Crippen LogP contribution in [0.1, 0.15) is 5.56 Å². The number of fused-ring (bicyclic) bond motifs is 1. The van der Waals surface area contributed by atoms with E-state index in [0.29, 0.717) is 6.07 Å². The van der Waals surface area contributed by atoms with Gasteiger partial charge in [0.1, 0.15) is 5.82 Å². The molecule has 1 aliphatic heterocycles. The van der Waals surface area contributed by atoms with Crippen molar-refractivity contribution in [2.24, 2.45) is 9.98 Å². The van der Waals surface area contributed by atoms with Gasteiger partial charge in [0, 0.05) is 18.0 Å². The predicted molar refractivity (Wildman–Crippen MR) is 61.4 cm³/mol. The van der Waals surface area contributed by atoms with Gasteiger partial charge in [-0.05, 0) is 12.1 Å². The number of aromatic nitrogens is 2. The smallest absolute Gasteiger partial charge is 0.345 e. The largest absolute Gasteiger partial charge is 0.417 e. The van der Waals surface area contributed by atoms with Crippen molar-refractivity contribution in [3.8, 4) is 11.4 Å². The van der Waals surface area contributed by atoms with Crippen molar-refractivity contribution in [1.29, 1.82) is 0 Å². The van der Waals surface area contributed by atoms with Crippen LogP contribution < -0.4 is 10.7 Å². The van der Waals surface area contributed by atoms with Crippen LogP contribution in [-0.2, 0) is 15.8 Å². The zero-order chi connectivity index (χ0) is 15.2. The average molecular weight is 294 g/mol. The van der Waals surface area contributed by atoms with Gasteiger partial charge in [0.2, 0.25) is 0 Å². The zero-order valence-electron chi connectivity index (χ0n) is 10.1. The number of nitrogens with zero attached hydrogens (tertiary/aromatic N) is 3. The molecule has 0 fully saturated rings. The molecule has 0 aliphatic carbocycles. The Kier molecular flexibility index (Phi) is 2.71. The van der Waals surface area contributed by atoms with E-state index < -0.39 is 23.6 Å². The molecule has 0 saturated carbocycles. The minimum Gasteiger partial charge on any atom is -0.345 e. The Bertz CT molecular complexity index is 869. The van der Waals surface area contributed by atoms with Gasteiger partial charge in [0.25, 0.3) is 0 Å². The summed E-state index contributed by atoms with van der Waals surface area (Å²) in [5.74, 6) is -2.33. The van der Waals surface area contributed by atoms with Gasteiger partial charge >= 0.3 is 18.0 Å². The van der Waals surface area contributed by atoms with Crippen LogP contribution in [0.3, 0.4) is 0 Å². The van der Waals surface area contributed by atoms with E-state index >= 15 is 0 Å². The van der Waals surface area contributed by atoms with Crippen LogP contribution in [0.2, 0.25) is 0 Å².